The highest BCUT2D eigenvalue weighted by atomic mass is 19.4. The Balaban J connectivity index is 1.39. The molecule has 4 rings (SSSR count). The van der Waals surface area contributed by atoms with E-state index in [2.05, 4.69) is 4.98 Å². The molecule has 0 bridgehead atoms. The van der Waals surface area contributed by atoms with Crippen LogP contribution in [0.5, 0.6) is 17.2 Å². The number of carbonyl (C=O) groups is 1. The van der Waals surface area contributed by atoms with Crippen molar-refractivity contribution in [2.24, 2.45) is 0 Å². The Morgan fingerprint density at radius 3 is 2.43 bits per heavy atom. The molecule has 1 heterocycles. The maximum atomic E-state index is 12.8. The van der Waals surface area contributed by atoms with Crippen molar-refractivity contribution in [3.63, 3.8) is 0 Å². The van der Waals surface area contributed by atoms with Gasteiger partial charge in [-0.05, 0) is 55.5 Å². The summed E-state index contributed by atoms with van der Waals surface area (Å²) in [4.78, 5) is 15.8. The Labute approximate surface area is 198 Å². The van der Waals surface area contributed by atoms with Crippen LogP contribution < -0.4 is 9.47 Å². The van der Waals surface area contributed by atoms with Crippen molar-refractivity contribution in [2.45, 2.75) is 19.5 Å². The van der Waals surface area contributed by atoms with E-state index in [1.54, 1.807) is 49.4 Å². The van der Waals surface area contributed by atoms with E-state index in [9.17, 15) is 23.1 Å². The highest BCUT2D eigenvalue weighted by Gasteiger charge is 2.30. The summed E-state index contributed by atoms with van der Waals surface area (Å²) < 4.78 is 55.4. The summed E-state index contributed by atoms with van der Waals surface area (Å²) in [6, 6.07) is 17.7. The van der Waals surface area contributed by atoms with Crippen molar-refractivity contribution in [3.05, 3.63) is 95.4 Å². The van der Waals surface area contributed by atoms with E-state index in [-0.39, 0.29) is 23.8 Å². The van der Waals surface area contributed by atoms with Crippen LogP contribution in [0.2, 0.25) is 0 Å². The maximum absolute atomic E-state index is 12.8. The average molecular weight is 483 g/mol. The molecule has 0 aliphatic rings. The predicted octanol–water partition coefficient (Wildman–Crippen LogP) is 6.78. The second kappa shape index (κ2) is 9.92. The van der Waals surface area contributed by atoms with E-state index in [0.29, 0.717) is 34.9 Å². The number of alkyl halides is 3. The highest BCUT2D eigenvalue weighted by Crippen LogP contribution is 2.31. The molecule has 180 valence electrons. The molecule has 0 amide bonds. The number of nitrogens with zero attached hydrogens (tertiary/aromatic N) is 1. The number of carboxylic acid groups (broad SMARTS) is 1. The first-order chi connectivity index (χ1) is 16.7. The van der Waals surface area contributed by atoms with Gasteiger partial charge in [-0.15, -0.1) is 0 Å². The number of aromatic carboxylic acids is 1. The third-order valence-corrected chi connectivity index (χ3v) is 5.11. The molecule has 4 aromatic rings. The van der Waals surface area contributed by atoms with Crippen molar-refractivity contribution in [1.29, 1.82) is 0 Å². The van der Waals surface area contributed by atoms with Gasteiger partial charge >= 0.3 is 12.1 Å². The monoisotopic (exact) mass is 483 g/mol. The van der Waals surface area contributed by atoms with Crippen LogP contribution in [0.15, 0.2) is 77.2 Å². The lowest BCUT2D eigenvalue weighted by Gasteiger charge is -2.10. The lowest BCUT2D eigenvalue weighted by molar-refractivity contribution is -0.137. The Hall–Kier alpha value is -4.27. The molecule has 0 atom stereocenters. The molecule has 0 unspecified atom stereocenters. The predicted molar refractivity (Wildman–Crippen MR) is 121 cm³/mol. The molecule has 0 aliphatic heterocycles. The minimum absolute atomic E-state index is 0.0455. The first-order valence-corrected chi connectivity index (χ1v) is 10.6. The molecular formula is C26H20F3NO5. The van der Waals surface area contributed by atoms with Gasteiger partial charge in [0.2, 0.25) is 5.89 Å². The van der Waals surface area contributed by atoms with Crippen LogP contribution >= 0.6 is 0 Å². The van der Waals surface area contributed by atoms with Gasteiger partial charge in [0.05, 0.1) is 17.9 Å². The van der Waals surface area contributed by atoms with Crippen LogP contribution in [0.3, 0.4) is 0 Å². The summed E-state index contributed by atoms with van der Waals surface area (Å²) in [5.41, 5.74) is 0.377. The zero-order valence-electron chi connectivity index (χ0n) is 18.5. The van der Waals surface area contributed by atoms with E-state index in [1.807, 2.05) is 0 Å². The molecule has 1 aromatic heterocycles. The Morgan fingerprint density at radius 1 is 1.00 bits per heavy atom. The molecule has 0 aliphatic carbocycles. The van der Waals surface area contributed by atoms with Crippen molar-refractivity contribution in [3.8, 4) is 28.7 Å². The minimum atomic E-state index is -4.41. The van der Waals surface area contributed by atoms with Crippen LogP contribution in [0.4, 0.5) is 13.2 Å². The van der Waals surface area contributed by atoms with E-state index >= 15 is 0 Å². The summed E-state index contributed by atoms with van der Waals surface area (Å²) in [6.45, 7) is 1.99. The summed E-state index contributed by atoms with van der Waals surface area (Å²) in [5.74, 6) is 0.834. The van der Waals surface area contributed by atoms with Gasteiger partial charge in [0.25, 0.3) is 0 Å². The Kier molecular flexibility index (Phi) is 6.77. The van der Waals surface area contributed by atoms with Crippen molar-refractivity contribution < 1.29 is 37.0 Å². The average Bonchev–Trinajstić information content (AvgIpc) is 3.19. The molecule has 3 aromatic carbocycles. The SMILES string of the molecule is Cc1oc(-c2ccc(C(F)(F)F)cc2)nc1CCOc1cccc(Oc2ccccc2C(=O)O)c1. The second-order valence-corrected chi connectivity index (χ2v) is 7.57. The third-order valence-electron chi connectivity index (χ3n) is 5.11. The second-order valence-electron chi connectivity index (χ2n) is 7.57. The molecule has 1 N–H and O–H groups in total. The Bertz CT molecular complexity index is 1330. The Morgan fingerprint density at radius 2 is 1.71 bits per heavy atom. The number of hydrogen-bond acceptors (Lipinski definition) is 5. The number of hydrogen-bond donors (Lipinski definition) is 1. The van der Waals surface area contributed by atoms with Gasteiger partial charge in [-0.3, -0.25) is 0 Å². The quantitative estimate of drug-likeness (QED) is 0.298. The zero-order valence-corrected chi connectivity index (χ0v) is 18.5. The van der Waals surface area contributed by atoms with Crippen LogP contribution in [0.25, 0.3) is 11.5 Å². The number of ether oxygens (including phenoxy) is 2. The molecule has 0 fully saturated rings. The minimum Gasteiger partial charge on any atom is -0.493 e. The highest BCUT2D eigenvalue weighted by molar-refractivity contribution is 5.90. The summed E-state index contributed by atoms with van der Waals surface area (Å²) in [6.07, 6.45) is -4.00. The normalized spacial score (nSPS) is 11.3. The van der Waals surface area contributed by atoms with Gasteiger partial charge in [0.1, 0.15) is 28.6 Å². The number of aromatic nitrogens is 1. The standard InChI is InChI=1S/C26H20F3NO5/c1-16-22(30-24(34-16)17-9-11-18(12-10-17)26(27,28)29)13-14-33-19-5-4-6-20(15-19)35-23-8-3-2-7-21(23)25(31)32/h2-12,15H,13-14H2,1H3,(H,31,32). The molecule has 0 spiro atoms. The van der Waals surface area contributed by atoms with E-state index in [0.717, 1.165) is 12.1 Å². The zero-order chi connectivity index (χ0) is 25.0. The molecular weight excluding hydrogens is 463 g/mol. The number of para-hydroxylation sites is 1. The number of aryl methyl sites for hydroxylation is 1. The molecule has 35 heavy (non-hydrogen) atoms. The molecule has 9 heteroatoms. The van der Waals surface area contributed by atoms with Gasteiger partial charge < -0.3 is 19.0 Å². The van der Waals surface area contributed by atoms with Gasteiger partial charge in [0.15, 0.2) is 0 Å². The van der Waals surface area contributed by atoms with Crippen molar-refractivity contribution in [1.82, 2.24) is 4.98 Å². The fourth-order valence-electron chi connectivity index (χ4n) is 3.34. The van der Waals surface area contributed by atoms with Crippen LogP contribution in [-0.4, -0.2) is 22.7 Å². The maximum Gasteiger partial charge on any atom is 0.416 e. The van der Waals surface area contributed by atoms with E-state index in [1.165, 1.54) is 18.2 Å². The van der Waals surface area contributed by atoms with Gasteiger partial charge in [-0.25, -0.2) is 9.78 Å². The lowest BCUT2D eigenvalue weighted by atomic mass is 10.1. The lowest BCUT2D eigenvalue weighted by Crippen LogP contribution is -2.04. The summed E-state index contributed by atoms with van der Waals surface area (Å²) >= 11 is 0. The third kappa shape index (κ3) is 5.81. The van der Waals surface area contributed by atoms with E-state index in [4.69, 9.17) is 13.9 Å². The fraction of sp³-hybridized carbons (Fsp3) is 0.154. The molecule has 0 saturated heterocycles. The topological polar surface area (TPSA) is 81.8 Å². The molecule has 6 nitrogen and oxygen atoms in total. The first kappa shape index (κ1) is 23.9. The van der Waals surface area contributed by atoms with Gasteiger partial charge in [-0.2, -0.15) is 13.2 Å². The fourth-order valence-corrected chi connectivity index (χ4v) is 3.34. The van der Waals surface area contributed by atoms with Crippen molar-refractivity contribution >= 4 is 5.97 Å². The van der Waals surface area contributed by atoms with Crippen LogP contribution in [-0.2, 0) is 12.6 Å². The van der Waals surface area contributed by atoms with Gasteiger partial charge in [-0.1, -0.05) is 18.2 Å². The van der Waals surface area contributed by atoms with Crippen LogP contribution in [0.1, 0.15) is 27.4 Å². The number of rotatable bonds is 8. The molecule has 0 saturated carbocycles. The van der Waals surface area contributed by atoms with Gasteiger partial charge in [0, 0.05) is 18.1 Å². The van der Waals surface area contributed by atoms with Crippen LogP contribution in [0, 0.1) is 6.92 Å². The largest absolute Gasteiger partial charge is 0.493 e. The number of carboxylic acids is 1. The number of oxazole rings is 1. The van der Waals surface area contributed by atoms with E-state index < -0.39 is 17.7 Å². The number of halogens is 3. The molecule has 0 radical (unpaired) electrons. The summed E-state index contributed by atoms with van der Waals surface area (Å²) in [7, 11) is 0. The smallest absolute Gasteiger partial charge is 0.416 e. The number of benzene rings is 3. The first-order valence-electron chi connectivity index (χ1n) is 10.6. The van der Waals surface area contributed by atoms with Crippen molar-refractivity contribution in [2.75, 3.05) is 6.61 Å². The summed E-state index contributed by atoms with van der Waals surface area (Å²) in [5, 5.41) is 9.30.